The molecule has 0 aliphatic heterocycles. The van der Waals surface area contributed by atoms with Crippen molar-refractivity contribution >= 4 is 5.97 Å². The molecular formula is C12H12N2O4. The fraction of sp³-hybridized carbons (Fsp3) is 0.167. The number of hydroxylamine groups is 1. The molecule has 6 nitrogen and oxygen atoms in total. The molecule has 2 rings (SSSR count). The van der Waals surface area contributed by atoms with Crippen LogP contribution in [0.4, 0.5) is 0 Å². The first-order chi connectivity index (χ1) is 8.75. The number of rotatable bonds is 6. The smallest absolute Gasteiger partial charge is 0.358 e. The zero-order valence-electron chi connectivity index (χ0n) is 9.50. The van der Waals surface area contributed by atoms with Gasteiger partial charge < -0.3 is 9.63 Å². The Bertz CT molecular complexity index is 510. The van der Waals surface area contributed by atoms with E-state index in [2.05, 4.69) is 10.6 Å². The summed E-state index contributed by atoms with van der Waals surface area (Å²) in [6.45, 7) is 0.674. The number of carboxylic acids is 1. The van der Waals surface area contributed by atoms with Crippen LogP contribution in [-0.4, -0.2) is 16.2 Å². The molecule has 0 unspecified atom stereocenters. The number of benzene rings is 1. The van der Waals surface area contributed by atoms with Crippen LogP contribution in [0.5, 0.6) is 0 Å². The number of hydrogen-bond acceptors (Lipinski definition) is 5. The normalized spacial score (nSPS) is 10.4. The standard InChI is InChI=1S/C12H12N2O4/c15-12(16)11-6-10(18-14-11)7-13-17-8-9-4-2-1-3-5-9/h1-6,13H,7-8H2,(H,15,16). The number of carboxylic acid groups (broad SMARTS) is 1. The highest BCUT2D eigenvalue weighted by Crippen LogP contribution is 2.04. The number of hydrogen-bond donors (Lipinski definition) is 2. The Kier molecular flexibility index (Phi) is 4.06. The van der Waals surface area contributed by atoms with Crippen LogP contribution in [-0.2, 0) is 18.0 Å². The van der Waals surface area contributed by atoms with Gasteiger partial charge in [-0.05, 0) is 5.56 Å². The first-order valence-electron chi connectivity index (χ1n) is 5.33. The highest BCUT2D eigenvalue weighted by atomic mass is 16.6. The van der Waals surface area contributed by atoms with Crippen molar-refractivity contribution in [2.24, 2.45) is 0 Å². The van der Waals surface area contributed by atoms with Crippen LogP contribution in [0, 0.1) is 0 Å². The van der Waals surface area contributed by atoms with Gasteiger partial charge in [-0.2, -0.15) is 5.48 Å². The lowest BCUT2D eigenvalue weighted by atomic mass is 10.2. The molecule has 1 aromatic heterocycles. The maximum atomic E-state index is 10.6. The Hall–Kier alpha value is -2.18. The van der Waals surface area contributed by atoms with E-state index >= 15 is 0 Å². The number of aromatic carboxylic acids is 1. The number of nitrogens with zero attached hydrogens (tertiary/aromatic N) is 1. The van der Waals surface area contributed by atoms with Gasteiger partial charge in [0, 0.05) is 6.07 Å². The SMILES string of the molecule is O=C(O)c1cc(CNOCc2ccccc2)on1. The molecule has 6 heteroatoms. The topological polar surface area (TPSA) is 84.6 Å². The lowest BCUT2D eigenvalue weighted by Gasteiger charge is -2.03. The van der Waals surface area contributed by atoms with Gasteiger partial charge in [0.1, 0.15) is 0 Å². The predicted molar refractivity (Wildman–Crippen MR) is 61.5 cm³/mol. The van der Waals surface area contributed by atoms with Crippen LogP contribution < -0.4 is 5.48 Å². The lowest BCUT2D eigenvalue weighted by Crippen LogP contribution is -2.13. The molecule has 18 heavy (non-hydrogen) atoms. The number of nitrogens with one attached hydrogen (secondary N) is 1. The minimum atomic E-state index is -1.12. The third-order valence-corrected chi connectivity index (χ3v) is 2.21. The van der Waals surface area contributed by atoms with Crippen LogP contribution in [0.25, 0.3) is 0 Å². The monoisotopic (exact) mass is 248 g/mol. The van der Waals surface area contributed by atoms with Crippen LogP contribution >= 0.6 is 0 Å². The number of carbonyl (C=O) groups is 1. The molecule has 0 atom stereocenters. The first-order valence-corrected chi connectivity index (χ1v) is 5.33. The first kappa shape index (κ1) is 12.3. The summed E-state index contributed by atoms with van der Waals surface area (Å²) >= 11 is 0. The summed E-state index contributed by atoms with van der Waals surface area (Å²) in [6, 6.07) is 11.0. The van der Waals surface area contributed by atoms with Crippen LogP contribution in [0.1, 0.15) is 21.8 Å². The summed E-state index contributed by atoms with van der Waals surface area (Å²) in [7, 11) is 0. The zero-order chi connectivity index (χ0) is 12.8. The molecule has 0 spiro atoms. The molecular weight excluding hydrogens is 236 g/mol. The molecule has 1 heterocycles. The molecule has 94 valence electrons. The van der Waals surface area contributed by atoms with E-state index in [1.165, 1.54) is 6.07 Å². The molecule has 0 saturated heterocycles. The molecule has 0 amide bonds. The van der Waals surface area contributed by atoms with Crippen LogP contribution in [0.15, 0.2) is 40.9 Å². The van der Waals surface area contributed by atoms with E-state index in [-0.39, 0.29) is 12.2 Å². The van der Waals surface area contributed by atoms with E-state index in [4.69, 9.17) is 14.5 Å². The van der Waals surface area contributed by atoms with E-state index in [1.54, 1.807) is 0 Å². The van der Waals surface area contributed by atoms with E-state index < -0.39 is 5.97 Å². The maximum Gasteiger partial charge on any atom is 0.358 e. The maximum absolute atomic E-state index is 10.6. The Morgan fingerprint density at radius 2 is 2.17 bits per heavy atom. The molecule has 0 fully saturated rings. The van der Waals surface area contributed by atoms with E-state index in [9.17, 15) is 4.79 Å². The van der Waals surface area contributed by atoms with E-state index in [1.807, 2.05) is 30.3 Å². The third kappa shape index (κ3) is 3.41. The van der Waals surface area contributed by atoms with Crippen molar-refractivity contribution in [2.75, 3.05) is 0 Å². The Balaban J connectivity index is 1.73. The van der Waals surface area contributed by atoms with Crippen LogP contribution in [0.2, 0.25) is 0 Å². The fourth-order valence-corrected chi connectivity index (χ4v) is 1.33. The third-order valence-electron chi connectivity index (χ3n) is 2.21. The summed E-state index contributed by atoms with van der Waals surface area (Å²) in [6.07, 6.45) is 0. The highest BCUT2D eigenvalue weighted by Gasteiger charge is 2.09. The number of aromatic nitrogens is 1. The van der Waals surface area contributed by atoms with Crippen LogP contribution in [0.3, 0.4) is 0 Å². The molecule has 2 aromatic rings. The van der Waals surface area contributed by atoms with Crippen molar-refractivity contribution in [2.45, 2.75) is 13.2 Å². The summed E-state index contributed by atoms with van der Waals surface area (Å²) in [5, 5.41) is 12.0. The van der Waals surface area contributed by atoms with Gasteiger partial charge in [0.05, 0.1) is 13.2 Å². The second-order valence-electron chi connectivity index (χ2n) is 3.58. The zero-order valence-corrected chi connectivity index (χ0v) is 9.50. The largest absolute Gasteiger partial charge is 0.476 e. The lowest BCUT2D eigenvalue weighted by molar-refractivity contribution is 0.0192. The second kappa shape index (κ2) is 5.95. The Morgan fingerprint density at radius 3 is 2.83 bits per heavy atom. The van der Waals surface area contributed by atoms with Gasteiger partial charge in [-0.3, -0.25) is 4.84 Å². The van der Waals surface area contributed by atoms with E-state index in [0.717, 1.165) is 5.56 Å². The van der Waals surface area contributed by atoms with Crippen molar-refractivity contribution in [3.8, 4) is 0 Å². The van der Waals surface area contributed by atoms with Gasteiger partial charge in [0.2, 0.25) is 0 Å². The fourth-order valence-electron chi connectivity index (χ4n) is 1.33. The Morgan fingerprint density at radius 1 is 1.39 bits per heavy atom. The minimum absolute atomic E-state index is 0.116. The van der Waals surface area contributed by atoms with E-state index in [0.29, 0.717) is 12.4 Å². The molecule has 0 saturated carbocycles. The average molecular weight is 248 g/mol. The van der Waals surface area contributed by atoms with Crippen molar-refractivity contribution in [1.29, 1.82) is 0 Å². The van der Waals surface area contributed by atoms with Gasteiger partial charge in [0.15, 0.2) is 11.5 Å². The van der Waals surface area contributed by atoms with Gasteiger partial charge in [-0.15, -0.1) is 0 Å². The Labute approximate surface area is 103 Å². The summed E-state index contributed by atoms with van der Waals surface area (Å²) in [5.74, 6) is -0.712. The molecule has 1 aromatic carbocycles. The summed E-state index contributed by atoms with van der Waals surface area (Å²) in [4.78, 5) is 15.8. The van der Waals surface area contributed by atoms with Gasteiger partial charge >= 0.3 is 5.97 Å². The highest BCUT2D eigenvalue weighted by molar-refractivity contribution is 5.85. The molecule has 0 aliphatic rings. The van der Waals surface area contributed by atoms with Crippen molar-refractivity contribution < 1.29 is 19.3 Å². The van der Waals surface area contributed by atoms with Gasteiger partial charge in [0.25, 0.3) is 0 Å². The summed E-state index contributed by atoms with van der Waals surface area (Å²) < 4.78 is 4.80. The summed E-state index contributed by atoms with van der Waals surface area (Å²) in [5.41, 5.74) is 3.60. The molecule has 0 aliphatic carbocycles. The van der Waals surface area contributed by atoms with Crippen molar-refractivity contribution in [1.82, 2.24) is 10.6 Å². The molecule has 0 radical (unpaired) electrons. The molecule has 0 bridgehead atoms. The van der Waals surface area contributed by atoms with Gasteiger partial charge in [-0.25, -0.2) is 4.79 Å². The molecule has 2 N–H and O–H groups in total. The van der Waals surface area contributed by atoms with Crippen molar-refractivity contribution in [3.05, 3.63) is 53.4 Å². The average Bonchev–Trinajstić information content (AvgIpc) is 2.85. The van der Waals surface area contributed by atoms with Crippen molar-refractivity contribution in [3.63, 3.8) is 0 Å². The van der Waals surface area contributed by atoms with Gasteiger partial charge in [-0.1, -0.05) is 35.5 Å². The minimum Gasteiger partial charge on any atom is -0.476 e. The predicted octanol–water partition coefficient (Wildman–Crippen LogP) is 1.59. The quantitative estimate of drug-likeness (QED) is 0.596. The second-order valence-corrected chi connectivity index (χ2v) is 3.58.